The van der Waals surface area contributed by atoms with E-state index in [0.29, 0.717) is 16.5 Å². The molecule has 0 spiro atoms. The smallest absolute Gasteiger partial charge is 0.303 e. The van der Waals surface area contributed by atoms with Gasteiger partial charge in [-0.2, -0.15) is 0 Å². The van der Waals surface area contributed by atoms with Crippen LogP contribution in [-0.2, 0) is 11.2 Å². The Kier molecular flexibility index (Phi) is 3.08. The third-order valence-electron chi connectivity index (χ3n) is 2.32. The van der Waals surface area contributed by atoms with Crippen molar-refractivity contribution >= 4 is 40.1 Å². The number of rotatable bonds is 3. The summed E-state index contributed by atoms with van der Waals surface area (Å²) >= 11 is 11.9. The fraction of sp³-hybridized carbons (Fsp3) is 0.182. The minimum absolute atomic E-state index is 0.0954. The topological polar surface area (TPSA) is 53.1 Å². The lowest BCUT2D eigenvalue weighted by Crippen LogP contribution is -1.97. The van der Waals surface area contributed by atoms with Crippen LogP contribution in [0.5, 0.6) is 0 Å². The Morgan fingerprint density at radius 2 is 2.06 bits per heavy atom. The quantitative estimate of drug-likeness (QED) is 0.885. The maximum absolute atomic E-state index is 10.4. The average molecular weight is 258 g/mol. The van der Waals surface area contributed by atoms with Gasteiger partial charge in [0, 0.05) is 21.6 Å². The predicted molar refractivity (Wildman–Crippen MR) is 64.3 cm³/mol. The fourth-order valence-electron chi connectivity index (χ4n) is 1.59. The molecule has 0 aliphatic heterocycles. The van der Waals surface area contributed by atoms with Crippen molar-refractivity contribution in [3.63, 3.8) is 0 Å². The third-order valence-corrected chi connectivity index (χ3v) is 2.85. The van der Waals surface area contributed by atoms with Gasteiger partial charge in [-0.1, -0.05) is 23.2 Å². The number of benzene rings is 1. The Morgan fingerprint density at radius 3 is 2.75 bits per heavy atom. The highest BCUT2D eigenvalue weighted by atomic mass is 35.5. The van der Waals surface area contributed by atoms with Crippen LogP contribution in [0.1, 0.15) is 12.1 Å². The van der Waals surface area contributed by atoms with E-state index in [0.717, 1.165) is 16.6 Å². The van der Waals surface area contributed by atoms with Crippen LogP contribution in [0, 0.1) is 0 Å². The van der Waals surface area contributed by atoms with Gasteiger partial charge in [-0.25, -0.2) is 0 Å². The second-order valence-corrected chi connectivity index (χ2v) is 4.38. The van der Waals surface area contributed by atoms with E-state index >= 15 is 0 Å². The molecule has 0 aliphatic carbocycles. The number of carboxylic acid groups (broad SMARTS) is 1. The molecule has 0 fully saturated rings. The van der Waals surface area contributed by atoms with Crippen molar-refractivity contribution in [3.05, 3.63) is 33.9 Å². The zero-order valence-corrected chi connectivity index (χ0v) is 9.77. The first-order valence-electron chi connectivity index (χ1n) is 4.74. The molecular formula is C11H9Cl2NO2. The molecule has 0 amide bonds. The number of aliphatic carboxylic acids is 1. The minimum atomic E-state index is -0.817. The number of nitrogens with one attached hydrogen (secondary N) is 1. The number of halogens is 2. The van der Waals surface area contributed by atoms with Gasteiger partial charge in [0.2, 0.25) is 0 Å². The van der Waals surface area contributed by atoms with E-state index in [4.69, 9.17) is 28.3 Å². The van der Waals surface area contributed by atoms with Crippen LogP contribution in [0.25, 0.3) is 10.9 Å². The van der Waals surface area contributed by atoms with Crippen LogP contribution in [0.2, 0.25) is 10.0 Å². The number of aromatic nitrogens is 1. The summed E-state index contributed by atoms with van der Waals surface area (Å²) in [5.74, 6) is -0.817. The van der Waals surface area contributed by atoms with Gasteiger partial charge in [0.1, 0.15) is 0 Å². The molecule has 2 N–H and O–H groups in total. The fourth-order valence-corrected chi connectivity index (χ4v) is 2.14. The van der Waals surface area contributed by atoms with Crippen LogP contribution in [0.4, 0.5) is 0 Å². The number of hydrogen-bond acceptors (Lipinski definition) is 1. The van der Waals surface area contributed by atoms with Crippen molar-refractivity contribution < 1.29 is 9.90 Å². The summed E-state index contributed by atoms with van der Waals surface area (Å²) < 4.78 is 0. The van der Waals surface area contributed by atoms with Gasteiger partial charge in [-0.3, -0.25) is 4.79 Å². The number of aryl methyl sites for hydroxylation is 1. The molecule has 0 aliphatic rings. The number of hydrogen-bond donors (Lipinski definition) is 2. The molecule has 84 valence electrons. The molecule has 0 bridgehead atoms. The van der Waals surface area contributed by atoms with E-state index in [2.05, 4.69) is 4.98 Å². The number of fused-ring (bicyclic) bond motifs is 1. The van der Waals surface area contributed by atoms with Crippen LogP contribution < -0.4 is 0 Å². The highest BCUT2D eigenvalue weighted by Crippen LogP contribution is 2.28. The number of carboxylic acids is 1. The normalized spacial score (nSPS) is 10.9. The van der Waals surface area contributed by atoms with Crippen LogP contribution >= 0.6 is 23.2 Å². The lowest BCUT2D eigenvalue weighted by atomic mass is 10.2. The summed E-state index contributed by atoms with van der Waals surface area (Å²) in [5.41, 5.74) is 1.68. The first-order valence-corrected chi connectivity index (χ1v) is 5.50. The summed E-state index contributed by atoms with van der Waals surface area (Å²) in [5, 5.41) is 10.6. The first-order chi connectivity index (χ1) is 7.56. The molecule has 0 unspecified atom stereocenters. The third kappa shape index (κ3) is 2.31. The largest absolute Gasteiger partial charge is 0.481 e. The second-order valence-electron chi connectivity index (χ2n) is 3.54. The van der Waals surface area contributed by atoms with Crippen LogP contribution in [0.3, 0.4) is 0 Å². The summed E-state index contributed by atoms with van der Waals surface area (Å²) in [4.78, 5) is 13.5. The lowest BCUT2D eigenvalue weighted by Gasteiger charge is -1.94. The van der Waals surface area contributed by atoms with Gasteiger partial charge in [0.15, 0.2) is 0 Å². The standard InChI is InChI=1S/C11H9Cl2NO2/c12-6-3-9(13)8-5-7(1-2-11(15)16)14-10(8)4-6/h3-5,14H,1-2H2,(H,15,16). The monoisotopic (exact) mass is 257 g/mol. The first kappa shape index (κ1) is 11.3. The molecule has 1 aromatic carbocycles. The van der Waals surface area contributed by atoms with Gasteiger partial charge in [0.05, 0.1) is 11.4 Å². The zero-order valence-electron chi connectivity index (χ0n) is 8.26. The summed E-state index contributed by atoms with van der Waals surface area (Å²) in [6, 6.07) is 5.30. The highest BCUT2D eigenvalue weighted by Gasteiger charge is 2.07. The van der Waals surface area contributed by atoms with Crippen LogP contribution in [-0.4, -0.2) is 16.1 Å². The molecule has 2 aromatic rings. The van der Waals surface area contributed by atoms with E-state index in [1.807, 2.05) is 6.07 Å². The van der Waals surface area contributed by atoms with Crippen molar-refractivity contribution in [1.82, 2.24) is 4.98 Å². The Bertz CT molecular complexity index is 548. The lowest BCUT2D eigenvalue weighted by molar-refractivity contribution is -0.136. The van der Waals surface area contributed by atoms with Crippen molar-refractivity contribution in [2.45, 2.75) is 12.8 Å². The van der Waals surface area contributed by atoms with Gasteiger partial charge in [0.25, 0.3) is 0 Å². The summed E-state index contributed by atoms with van der Waals surface area (Å²) in [6.07, 6.45) is 0.552. The maximum atomic E-state index is 10.4. The van der Waals surface area contributed by atoms with Crippen molar-refractivity contribution in [2.24, 2.45) is 0 Å². The van der Waals surface area contributed by atoms with E-state index in [1.165, 1.54) is 0 Å². The van der Waals surface area contributed by atoms with Gasteiger partial charge in [-0.15, -0.1) is 0 Å². The van der Waals surface area contributed by atoms with Crippen LogP contribution in [0.15, 0.2) is 18.2 Å². The van der Waals surface area contributed by atoms with Crippen molar-refractivity contribution in [1.29, 1.82) is 0 Å². The van der Waals surface area contributed by atoms with Gasteiger partial charge < -0.3 is 10.1 Å². The SMILES string of the molecule is O=C(O)CCc1cc2c(Cl)cc(Cl)cc2[nH]1. The zero-order chi connectivity index (χ0) is 11.7. The molecule has 2 rings (SSSR count). The Balaban J connectivity index is 2.36. The average Bonchev–Trinajstić information content (AvgIpc) is 2.57. The molecule has 0 atom stereocenters. The van der Waals surface area contributed by atoms with E-state index in [9.17, 15) is 4.79 Å². The van der Waals surface area contributed by atoms with E-state index < -0.39 is 5.97 Å². The number of carbonyl (C=O) groups is 1. The molecule has 0 saturated heterocycles. The van der Waals surface area contributed by atoms with Gasteiger partial charge >= 0.3 is 5.97 Å². The Hall–Kier alpha value is -1.19. The van der Waals surface area contributed by atoms with E-state index in [1.54, 1.807) is 12.1 Å². The molecule has 5 heteroatoms. The number of aromatic amines is 1. The molecule has 3 nitrogen and oxygen atoms in total. The Labute approximate surface area is 102 Å². The van der Waals surface area contributed by atoms with Crippen molar-refractivity contribution in [3.8, 4) is 0 Å². The minimum Gasteiger partial charge on any atom is -0.481 e. The molecular weight excluding hydrogens is 249 g/mol. The molecule has 1 aromatic heterocycles. The Morgan fingerprint density at radius 1 is 1.31 bits per heavy atom. The summed E-state index contributed by atoms with van der Waals surface area (Å²) in [7, 11) is 0. The molecule has 0 saturated carbocycles. The predicted octanol–water partition coefficient (Wildman–Crippen LogP) is 3.49. The number of H-pyrrole nitrogens is 1. The molecule has 16 heavy (non-hydrogen) atoms. The molecule has 1 heterocycles. The van der Waals surface area contributed by atoms with Gasteiger partial charge in [-0.05, 0) is 24.6 Å². The maximum Gasteiger partial charge on any atom is 0.303 e. The summed E-state index contributed by atoms with van der Waals surface area (Å²) in [6.45, 7) is 0. The second kappa shape index (κ2) is 4.36. The van der Waals surface area contributed by atoms with E-state index in [-0.39, 0.29) is 6.42 Å². The molecule has 0 radical (unpaired) electrons. The highest BCUT2D eigenvalue weighted by molar-refractivity contribution is 6.38. The van der Waals surface area contributed by atoms with Crippen molar-refractivity contribution in [2.75, 3.05) is 0 Å².